The molecule has 3 aliphatic rings. The molecule has 0 aromatic carbocycles. The topological polar surface area (TPSA) is 15.3 Å². The van der Waals surface area contributed by atoms with E-state index in [1.807, 2.05) is 0 Å². The Morgan fingerprint density at radius 2 is 1.75 bits per heavy atom. The summed E-state index contributed by atoms with van der Waals surface area (Å²) in [5, 5.41) is 3.42. The van der Waals surface area contributed by atoms with Gasteiger partial charge in [0.25, 0.3) is 0 Å². The molecule has 2 aliphatic heterocycles. The number of nitrogens with zero attached hydrogens (tertiary/aromatic N) is 1. The molecule has 0 saturated heterocycles. The number of rotatable bonds is 1. The molecule has 2 heteroatoms. The minimum atomic E-state index is 0.940. The molecule has 1 N–H and O–H groups in total. The highest BCUT2D eigenvalue weighted by molar-refractivity contribution is 5.30. The molecule has 0 bridgehead atoms. The fourth-order valence-corrected chi connectivity index (χ4v) is 2.51. The van der Waals surface area contributed by atoms with Gasteiger partial charge < -0.3 is 5.32 Å². The van der Waals surface area contributed by atoms with Gasteiger partial charge in [-0.15, -0.1) is 0 Å². The highest BCUT2D eigenvalue weighted by atomic mass is 15.2. The third kappa shape index (κ3) is 0.947. The van der Waals surface area contributed by atoms with E-state index < -0.39 is 0 Å². The summed E-state index contributed by atoms with van der Waals surface area (Å²) in [4.78, 5) is 2.68. The predicted molar refractivity (Wildman–Crippen MR) is 49.1 cm³/mol. The van der Waals surface area contributed by atoms with Crippen molar-refractivity contribution in [3.63, 3.8) is 0 Å². The average Bonchev–Trinajstić information content (AvgIpc) is 2.40. The predicted octanol–water partition coefficient (Wildman–Crippen LogP) is 0.754. The molecule has 1 saturated carbocycles. The lowest BCUT2D eigenvalue weighted by atomic mass is 9.92. The van der Waals surface area contributed by atoms with Crippen LogP contribution < -0.4 is 5.32 Å². The van der Waals surface area contributed by atoms with E-state index in [1.165, 1.54) is 45.4 Å². The van der Waals surface area contributed by atoms with Crippen molar-refractivity contribution in [3.8, 4) is 0 Å². The van der Waals surface area contributed by atoms with Crippen molar-refractivity contribution < 1.29 is 0 Å². The maximum atomic E-state index is 3.42. The van der Waals surface area contributed by atoms with Crippen molar-refractivity contribution in [1.82, 2.24) is 10.2 Å². The Bertz CT molecular complexity index is 212. The molecule has 66 valence electrons. The van der Waals surface area contributed by atoms with Gasteiger partial charge in [-0.25, -0.2) is 0 Å². The summed E-state index contributed by atoms with van der Waals surface area (Å²) in [6.45, 7) is 4.87. The quantitative estimate of drug-likeness (QED) is 0.575. The fourth-order valence-electron chi connectivity index (χ4n) is 2.51. The maximum Gasteiger partial charge on any atom is 0.0215 e. The van der Waals surface area contributed by atoms with Gasteiger partial charge in [-0.2, -0.15) is 0 Å². The van der Waals surface area contributed by atoms with Crippen LogP contribution in [-0.4, -0.2) is 37.1 Å². The molecule has 0 aromatic rings. The second kappa shape index (κ2) is 2.57. The fraction of sp³-hybridized carbons (Fsp3) is 0.800. The molecule has 0 amide bonds. The van der Waals surface area contributed by atoms with Crippen LogP contribution in [0.25, 0.3) is 0 Å². The van der Waals surface area contributed by atoms with Crippen molar-refractivity contribution in [3.05, 3.63) is 11.1 Å². The van der Waals surface area contributed by atoms with Gasteiger partial charge in [-0.3, -0.25) is 4.90 Å². The van der Waals surface area contributed by atoms with Crippen LogP contribution in [0.15, 0.2) is 11.1 Å². The zero-order chi connectivity index (χ0) is 7.97. The zero-order valence-electron chi connectivity index (χ0n) is 7.47. The zero-order valence-corrected chi connectivity index (χ0v) is 7.47. The van der Waals surface area contributed by atoms with Gasteiger partial charge in [0.2, 0.25) is 0 Å². The Kier molecular flexibility index (Phi) is 1.52. The van der Waals surface area contributed by atoms with Gasteiger partial charge in [0, 0.05) is 32.2 Å². The molecule has 1 fully saturated rings. The third-order valence-corrected chi connectivity index (χ3v) is 3.56. The van der Waals surface area contributed by atoms with Crippen LogP contribution in [0.5, 0.6) is 0 Å². The summed E-state index contributed by atoms with van der Waals surface area (Å²) in [7, 11) is 0. The molecular weight excluding hydrogens is 148 g/mol. The molecule has 3 rings (SSSR count). The van der Waals surface area contributed by atoms with Gasteiger partial charge >= 0.3 is 0 Å². The molecule has 0 atom stereocenters. The molecule has 2 nitrogen and oxygen atoms in total. The summed E-state index contributed by atoms with van der Waals surface area (Å²) in [5.41, 5.74) is 3.39. The van der Waals surface area contributed by atoms with Gasteiger partial charge in [-0.05, 0) is 24.0 Å². The maximum absolute atomic E-state index is 3.42. The van der Waals surface area contributed by atoms with Crippen molar-refractivity contribution in [2.45, 2.75) is 25.3 Å². The molecular formula is C10H16N2. The number of hydrogen-bond donors (Lipinski definition) is 1. The summed E-state index contributed by atoms with van der Waals surface area (Å²) < 4.78 is 0. The van der Waals surface area contributed by atoms with E-state index in [0.29, 0.717) is 0 Å². The second-order valence-corrected chi connectivity index (χ2v) is 4.30. The summed E-state index contributed by atoms with van der Waals surface area (Å²) in [6.07, 6.45) is 4.37. The first-order valence-electron chi connectivity index (χ1n) is 5.08. The Labute approximate surface area is 73.6 Å². The van der Waals surface area contributed by atoms with Crippen molar-refractivity contribution in [2.75, 3.05) is 26.2 Å². The standard InChI is InChI=1S/C10H16N2/c1-2-10(3-1)12-6-8-4-11-5-9(8)7-12/h10-11H,1-7H2. The van der Waals surface area contributed by atoms with Crippen molar-refractivity contribution in [2.24, 2.45) is 0 Å². The van der Waals surface area contributed by atoms with Gasteiger partial charge in [0.15, 0.2) is 0 Å². The van der Waals surface area contributed by atoms with Crippen molar-refractivity contribution in [1.29, 1.82) is 0 Å². The van der Waals surface area contributed by atoms with E-state index in [9.17, 15) is 0 Å². The van der Waals surface area contributed by atoms with Gasteiger partial charge in [0.1, 0.15) is 0 Å². The van der Waals surface area contributed by atoms with E-state index >= 15 is 0 Å². The van der Waals surface area contributed by atoms with Gasteiger partial charge in [0.05, 0.1) is 0 Å². The number of nitrogens with one attached hydrogen (secondary N) is 1. The monoisotopic (exact) mass is 164 g/mol. The van der Waals surface area contributed by atoms with Crippen LogP contribution in [-0.2, 0) is 0 Å². The SMILES string of the molecule is C1CC(N2CC3=C(CNC3)C2)C1. The Morgan fingerprint density at radius 3 is 2.25 bits per heavy atom. The summed E-state index contributed by atoms with van der Waals surface area (Å²) >= 11 is 0. The Balaban J connectivity index is 1.67. The summed E-state index contributed by atoms with van der Waals surface area (Å²) in [5.74, 6) is 0. The normalized spacial score (nSPS) is 31.0. The molecule has 0 aromatic heterocycles. The first-order chi connectivity index (χ1) is 5.93. The van der Waals surface area contributed by atoms with Crippen LogP contribution in [0.3, 0.4) is 0 Å². The highest BCUT2D eigenvalue weighted by Crippen LogP contribution is 2.30. The molecule has 0 spiro atoms. The Morgan fingerprint density at radius 1 is 1.08 bits per heavy atom. The minimum absolute atomic E-state index is 0.940. The molecule has 12 heavy (non-hydrogen) atoms. The van der Waals surface area contributed by atoms with E-state index in [0.717, 1.165) is 6.04 Å². The molecule has 2 heterocycles. The van der Waals surface area contributed by atoms with E-state index in [4.69, 9.17) is 0 Å². The molecule has 0 radical (unpaired) electrons. The van der Waals surface area contributed by atoms with Crippen LogP contribution in [0.1, 0.15) is 19.3 Å². The second-order valence-electron chi connectivity index (χ2n) is 4.30. The van der Waals surface area contributed by atoms with Crippen molar-refractivity contribution >= 4 is 0 Å². The van der Waals surface area contributed by atoms with Crippen LogP contribution in [0.4, 0.5) is 0 Å². The lowest BCUT2D eigenvalue weighted by Gasteiger charge is -2.35. The third-order valence-electron chi connectivity index (χ3n) is 3.56. The first-order valence-corrected chi connectivity index (χ1v) is 5.08. The van der Waals surface area contributed by atoms with E-state index in [1.54, 1.807) is 11.1 Å². The van der Waals surface area contributed by atoms with Crippen LogP contribution in [0, 0.1) is 0 Å². The molecule has 0 unspecified atom stereocenters. The average molecular weight is 164 g/mol. The first kappa shape index (κ1) is 7.10. The minimum Gasteiger partial charge on any atom is -0.309 e. The van der Waals surface area contributed by atoms with Gasteiger partial charge in [-0.1, -0.05) is 6.42 Å². The lowest BCUT2D eigenvalue weighted by molar-refractivity contribution is 0.160. The van der Waals surface area contributed by atoms with E-state index in [-0.39, 0.29) is 0 Å². The largest absolute Gasteiger partial charge is 0.309 e. The smallest absolute Gasteiger partial charge is 0.0215 e. The van der Waals surface area contributed by atoms with E-state index in [2.05, 4.69) is 10.2 Å². The van der Waals surface area contributed by atoms with Crippen LogP contribution >= 0.6 is 0 Å². The Hall–Kier alpha value is -0.340. The van der Waals surface area contributed by atoms with Crippen LogP contribution in [0.2, 0.25) is 0 Å². The summed E-state index contributed by atoms with van der Waals surface area (Å²) in [6, 6.07) is 0.940. The number of hydrogen-bond acceptors (Lipinski definition) is 2. The lowest BCUT2D eigenvalue weighted by Crippen LogP contribution is -2.40. The molecule has 1 aliphatic carbocycles. The highest BCUT2D eigenvalue weighted by Gasteiger charge is 2.32.